The van der Waals surface area contributed by atoms with Crippen LogP contribution in [-0.4, -0.2) is 44.9 Å². The van der Waals surface area contributed by atoms with E-state index in [1.807, 2.05) is 0 Å². The Kier molecular flexibility index (Phi) is 5.26. The zero-order valence-electron chi connectivity index (χ0n) is 17.4. The van der Waals surface area contributed by atoms with E-state index in [2.05, 4.69) is 97.9 Å². The number of rotatable bonds is 3. The topological polar surface area (TPSA) is 10.9 Å². The van der Waals surface area contributed by atoms with Gasteiger partial charge in [-0.1, -0.05) is 74.2 Å². The van der Waals surface area contributed by atoms with Crippen LogP contribution in [-0.2, 0) is 17.2 Å². The van der Waals surface area contributed by atoms with Crippen molar-refractivity contribution in [2.24, 2.45) is 0 Å². The van der Waals surface area contributed by atoms with Crippen molar-refractivity contribution >= 4 is 29.0 Å². The largest absolute Gasteiger partial charge is 0.347 e. The molecule has 28 heavy (non-hydrogen) atoms. The number of hydrogen-bond donors (Lipinski definition) is 1. The Morgan fingerprint density at radius 1 is 1.00 bits per heavy atom. The molecule has 0 aliphatic carbocycles. The summed E-state index contributed by atoms with van der Waals surface area (Å²) in [5.74, 6) is 2.47. The van der Waals surface area contributed by atoms with Crippen LogP contribution < -0.4 is 15.1 Å². The quantitative estimate of drug-likeness (QED) is 0.778. The summed E-state index contributed by atoms with van der Waals surface area (Å²) in [6, 6.07) is 19.6. The highest BCUT2D eigenvalue weighted by Crippen LogP contribution is 2.56. The van der Waals surface area contributed by atoms with Gasteiger partial charge in [0.1, 0.15) is 0 Å². The average Bonchev–Trinajstić information content (AvgIpc) is 2.90. The van der Waals surface area contributed by atoms with Crippen LogP contribution in [0.5, 0.6) is 0 Å². The maximum atomic E-state index is 6.55. The van der Waals surface area contributed by atoms with Crippen molar-refractivity contribution in [2.75, 3.05) is 45.2 Å². The summed E-state index contributed by atoms with van der Waals surface area (Å²) in [4.78, 5) is 3.96. The molecule has 3 nitrogen and oxygen atoms in total. The molecule has 0 bridgehead atoms. The van der Waals surface area contributed by atoms with Gasteiger partial charge in [-0.25, -0.2) is 0 Å². The molecule has 5 heteroatoms. The first kappa shape index (κ1) is 19.8. The highest BCUT2D eigenvalue weighted by Gasteiger charge is 2.41. The van der Waals surface area contributed by atoms with Gasteiger partial charge in [-0.3, -0.25) is 4.67 Å². The number of para-hydroxylation sites is 1. The maximum absolute atomic E-state index is 6.55. The van der Waals surface area contributed by atoms with Crippen molar-refractivity contribution in [3.8, 4) is 0 Å². The minimum atomic E-state index is -2.02. The summed E-state index contributed by atoms with van der Waals surface area (Å²) >= 11 is 6.55. The fourth-order valence-electron chi connectivity index (χ4n) is 4.53. The number of nitrogens with one attached hydrogen (secondary N) is 1. The lowest BCUT2D eigenvalue weighted by molar-refractivity contribution is -0.883. The van der Waals surface area contributed by atoms with Crippen LogP contribution in [0.15, 0.2) is 66.1 Å². The van der Waals surface area contributed by atoms with Crippen molar-refractivity contribution in [1.82, 2.24) is 4.67 Å². The van der Waals surface area contributed by atoms with E-state index in [1.165, 1.54) is 22.3 Å². The van der Waals surface area contributed by atoms with E-state index in [-0.39, 0.29) is 5.41 Å². The van der Waals surface area contributed by atoms with Gasteiger partial charge < -0.3 is 9.80 Å². The number of anilines is 1. The number of quaternary nitrogens is 1. The summed E-state index contributed by atoms with van der Waals surface area (Å²) in [5.41, 5.74) is 3.99. The average molecular weight is 413 g/mol. The molecule has 2 aromatic rings. The Hall–Kier alpha value is -1.45. The number of allylic oxidation sites excluding steroid dienone is 1. The van der Waals surface area contributed by atoms with Crippen LogP contribution in [0.1, 0.15) is 19.4 Å². The number of benzene rings is 2. The van der Waals surface area contributed by atoms with E-state index in [4.69, 9.17) is 11.8 Å². The van der Waals surface area contributed by atoms with Crippen LogP contribution in [0.4, 0.5) is 5.69 Å². The van der Waals surface area contributed by atoms with Crippen LogP contribution in [0.25, 0.3) is 0 Å². The van der Waals surface area contributed by atoms with Gasteiger partial charge in [0.2, 0.25) is 0 Å². The second-order valence-corrected chi connectivity index (χ2v) is 12.8. The SMILES string of the molecule is CN1C(=C[P@@](=S)(c2ccccc2)N2CC[NH+](C)CC2)C(C)(C)c2ccccc21. The standard InChI is InChI=1S/C23H30N3PS/c1-23(2)20-12-8-9-13-21(20)25(4)22(23)18-27(28,19-10-6-5-7-11-19)26-16-14-24(3)15-17-26/h5-13,18H,14-17H2,1-4H3/p+1/t27-/m1/s1. The molecule has 2 aliphatic rings. The first-order valence-electron chi connectivity index (χ1n) is 10.1. The molecular formula is C23H31N3PS+. The molecule has 0 aromatic heterocycles. The zero-order valence-corrected chi connectivity index (χ0v) is 19.1. The van der Waals surface area contributed by atoms with E-state index >= 15 is 0 Å². The van der Waals surface area contributed by atoms with E-state index < -0.39 is 6.19 Å². The molecule has 1 N–H and O–H groups in total. The second-order valence-electron chi connectivity index (χ2n) is 8.58. The van der Waals surface area contributed by atoms with Gasteiger partial charge in [-0.2, -0.15) is 0 Å². The van der Waals surface area contributed by atoms with Gasteiger partial charge in [0.15, 0.2) is 0 Å². The molecule has 4 rings (SSSR count). The molecule has 1 saturated heterocycles. The van der Waals surface area contributed by atoms with Gasteiger partial charge in [0.25, 0.3) is 0 Å². The highest BCUT2D eigenvalue weighted by molar-refractivity contribution is 8.18. The predicted molar refractivity (Wildman–Crippen MR) is 125 cm³/mol. The second kappa shape index (κ2) is 7.42. The molecule has 0 radical (unpaired) electrons. The zero-order chi connectivity index (χ0) is 19.9. The summed E-state index contributed by atoms with van der Waals surface area (Å²) in [6.07, 6.45) is -2.02. The molecule has 1 atom stereocenters. The first-order valence-corrected chi connectivity index (χ1v) is 12.9. The van der Waals surface area contributed by atoms with E-state index in [9.17, 15) is 0 Å². The van der Waals surface area contributed by atoms with Crippen molar-refractivity contribution in [3.05, 3.63) is 71.7 Å². The van der Waals surface area contributed by atoms with Crippen LogP contribution in [0, 0.1) is 0 Å². The summed E-state index contributed by atoms with van der Waals surface area (Å²) in [7, 11) is 4.48. The Morgan fingerprint density at radius 2 is 1.61 bits per heavy atom. The summed E-state index contributed by atoms with van der Waals surface area (Å²) < 4.78 is 2.60. The molecule has 0 saturated carbocycles. The number of piperazine rings is 1. The lowest BCUT2D eigenvalue weighted by Gasteiger charge is -2.39. The van der Waals surface area contributed by atoms with Crippen LogP contribution >= 0.6 is 6.19 Å². The summed E-state index contributed by atoms with van der Waals surface area (Å²) in [5, 5.41) is 1.30. The van der Waals surface area contributed by atoms with E-state index in [1.54, 1.807) is 4.90 Å². The van der Waals surface area contributed by atoms with Crippen LogP contribution in [0.3, 0.4) is 0 Å². The Labute approximate surface area is 174 Å². The molecule has 2 heterocycles. The number of hydrogen-bond acceptors (Lipinski definition) is 2. The van der Waals surface area contributed by atoms with E-state index in [0.29, 0.717) is 0 Å². The van der Waals surface area contributed by atoms with Gasteiger partial charge >= 0.3 is 0 Å². The predicted octanol–water partition coefficient (Wildman–Crippen LogP) is 2.81. The molecular weight excluding hydrogens is 381 g/mol. The maximum Gasteiger partial charge on any atom is 0.0902 e. The lowest BCUT2D eigenvalue weighted by atomic mass is 9.84. The fraction of sp³-hybridized carbons (Fsp3) is 0.391. The molecule has 2 aliphatic heterocycles. The molecule has 0 unspecified atom stereocenters. The Morgan fingerprint density at radius 3 is 2.25 bits per heavy atom. The third kappa shape index (κ3) is 3.27. The highest BCUT2D eigenvalue weighted by atomic mass is 32.4. The van der Waals surface area contributed by atoms with Gasteiger partial charge in [-0.15, -0.1) is 0 Å². The third-order valence-electron chi connectivity index (χ3n) is 6.38. The first-order chi connectivity index (χ1) is 13.3. The Bertz CT molecular complexity index is 930. The number of fused-ring (bicyclic) bond motifs is 1. The minimum absolute atomic E-state index is 0.0397. The molecule has 148 valence electrons. The summed E-state index contributed by atoms with van der Waals surface area (Å²) in [6.45, 7) is 9.12. The Balaban J connectivity index is 1.84. The van der Waals surface area contributed by atoms with Gasteiger partial charge in [0, 0.05) is 29.2 Å². The van der Waals surface area contributed by atoms with Crippen molar-refractivity contribution in [2.45, 2.75) is 19.3 Å². The monoisotopic (exact) mass is 412 g/mol. The lowest BCUT2D eigenvalue weighted by Crippen LogP contribution is -3.11. The third-order valence-corrected chi connectivity index (χ3v) is 10.9. The van der Waals surface area contributed by atoms with Crippen LogP contribution in [0.2, 0.25) is 0 Å². The smallest absolute Gasteiger partial charge is 0.0902 e. The normalized spacial score (nSPS) is 23.6. The van der Waals surface area contributed by atoms with Gasteiger partial charge in [0.05, 0.1) is 39.4 Å². The number of likely N-dealkylation sites (N-methyl/N-ethyl adjacent to an activating group) is 2. The molecule has 1 fully saturated rings. The molecule has 0 amide bonds. The van der Waals surface area contributed by atoms with Gasteiger partial charge in [-0.05, 0) is 17.4 Å². The van der Waals surface area contributed by atoms with E-state index in [0.717, 1.165) is 26.2 Å². The molecule has 0 spiro atoms. The van der Waals surface area contributed by atoms with Crippen molar-refractivity contribution < 1.29 is 4.90 Å². The minimum Gasteiger partial charge on any atom is -0.347 e. The number of nitrogens with zero attached hydrogens (tertiary/aromatic N) is 2. The van der Waals surface area contributed by atoms with Crippen molar-refractivity contribution in [3.63, 3.8) is 0 Å². The fourth-order valence-corrected chi connectivity index (χ4v) is 8.54. The molecule has 2 aromatic carbocycles. The van der Waals surface area contributed by atoms with Crippen molar-refractivity contribution in [1.29, 1.82) is 0 Å².